The van der Waals surface area contributed by atoms with Gasteiger partial charge in [-0.25, -0.2) is 0 Å². The molecule has 1 N–H and O–H groups in total. The number of nitrogens with zero attached hydrogens (tertiary/aromatic N) is 3. The van der Waals surface area contributed by atoms with Crippen molar-refractivity contribution in [3.05, 3.63) is 53.6 Å². The Hall–Kier alpha value is -2.51. The molecule has 1 heterocycles. The molecule has 2 aromatic carbocycles. The molecule has 0 spiro atoms. The van der Waals surface area contributed by atoms with Gasteiger partial charge in [0.15, 0.2) is 11.0 Å². The third kappa shape index (κ3) is 5.10. The van der Waals surface area contributed by atoms with Crippen LogP contribution in [0.25, 0.3) is 17.1 Å². The van der Waals surface area contributed by atoms with E-state index in [1.807, 2.05) is 53.1 Å². The predicted octanol–water partition coefficient (Wildman–Crippen LogP) is 5.38. The smallest absolute Gasteiger partial charge is 0.230 e. The van der Waals surface area contributed by atoms with Crippen molar-refractivity contribution in [2.24, 2.45) is 5.92 Å². The van der Waals surface area contributed by atoms with Crippen molar-refractivity contribution in [2.45, 2.75) is 43.8 Å². The number of aromatic nitrogens is 3. The Kier molecular flexibility index (Phi) is 7.37. The van der Waals surface area contributed by atoms with Crippen LogP contribution in [0.15, 0.2) is 53.7 Å². The van der Waals surface area contributed by atoms with Crippen LogP contribution >= 0.6 is 23.4 Å². The summed E-state index contributed by atoms with van der Waals surface area (Å²) in [5, 5.41) is 13.2. The number of carbonyl (C=O) groups is 1. The number of halogens is 1. The van der Waals surface area contributed by atoms with Crippen LogP contribution in [0.1, 0.15) is 32.6 Å². The van der Waals surface area contributed by atoms with Crippen molar-refractivity contribution in [3.63, 3.8) is 0 Å². The summed E-state index contributed by atoms with van der Waals surface area (Å²) < 4.78 is 7.22. The van der Waals surface area contributed by atoms with Gasteiger partial charge in [-0.2, -0.15) is 0 Å². The maximum Gasteiger partial charge on any atom is 0.230 e. The maximum absolute atomic E-state index is 12.7. The lowest BCUT2D eigenvalue weighted by Crippen LogP contribution is -2.41. The second-order valence-electron chi connectivity index (χ2n) is 8.05. The first-order valence-corrected chi connectivity index (χ1v) is 12.2. The fourth-order valence-corrected chi connectivity index (χ4v) is 5.09. The van der Waals surface area contributed by atoms with Crippen molar-refractivity contribution in [1.82, 2.24) is 20.1 Å². The molecular weight excluding hydrogens is 444 g/mol. The Morgan fingerprint density at radius 1 is 1.19 bits per heavy atom. The summed E-state index contributed by atoms with van der Waals surface area (Å²) in [5.74, 6) is 2.11. The zero-order valence-corrected chi connectivity index (χ0v) is 19.8. The van der Waals surface area contributed by atoms with E-state index in [2.05, 4.69) is 22.4 Å². The standard InChI is InChI=1S/C24H27ClN4O2S/c1-16-8-6-7-11-20(16)26-22(30)15-32-24-28-27-23(17-9-4-3-5-10-17)29(24)18-12-13-21(31-2)19(25)14-18/h3-5,9-10,12-14,16,20H,6-8,11,15H2,1-2H3,(H,26,30). The number of carbonyl (C=O) groups excluding carboxylic acids is 1. The normalized spacial score (nSPS) is 18.3. The molecule has 0 aliphatic heterocycles. The van der Waals surface area contributed by atoms with E-state index >= 15 is 0 Å². The number of hydrogen-bond donors (Lipinski definition) is 1. The first-order chi connectivity index (χ1) is 15.6. The molecule has 1 fully saturated rings. The van der Waals surface area contributed by atoms with Crippen LogP contribution in [0.4, 0.5) is 0 Å². The Morgan fingerprint density at radius 2 is 1.97 bits per heavy atom. The van der Waals surface area contributed by atoms with Gasteiger partial charge in [-0.05, 0) is 37.0 Å². The third-order valence-corrected chi connectivity index (χ3v) is 7.07. The minimum atomic E-state index is 0.0253. The second kappa shape index (κ2) is 10.4. The predicted molar refractivity (Wildman–Crippen MR) is 129 cm³/mol. The summed E-state index contributed by atoms with van der Waals surface area (Å²) in [7, 11) is 1.59. The molecule has 1 aliphatic rings. The van der Waals surface area contributed by atoms with Gasteiger partial charge in [0.2, 0.25) is 5.91 Å². The average molecular weight is 471 g/mol. The number of nitrogens with one attached hydrogen (secondary N) is 1. The van der Waals surface area contributed by atoms with Gasteiger partial charge in [0.25, 0.3) is 0 Å². The number of amides is 1. The van der Waals surface area contributed by atoms with Crippen LogP contribution in [0.2, 0.25) is 5.02 Å². The van der Waals surface area contributed by atoms with Crippen molar-refractivity contribution >= 4 is 29.3 Å². The topological polar surface area (TPSA) is 69.0 Å². The highest BCUT2D eigenvalue weighted by Gasteiger charge is 2.24. The van der Waals surface area contributed by atoms with Crippen LogP contribution in [-0.2, 0) is 4.79 Å². The molecule has 32 heavy (non-hydrogen) atoms. The quantitative estimate of drug-likeness (QED) is 0.469. The van der Waals surface area contributed by atoms with Gasteiger partial charge in [-0.1, -0.05) is 73.5 Å². The summed E-state index contributed by atoms with van der Waals surface area (Å²) >= 11 is 7.77. The van der Waals surface area contributed by atoms with Crippen molar-refractivity contribution in [3.8, 4) is 22.8 Å². The molecule has 6 nitrogen and oxygen atoms in total. The summed E-state index contributed by atoms with van der Waals surface area (Å²) in [6.07, 6.45) is 4.65. The lowest BCUT2D eigenvalue weighted by molar-refractivity contribution is -0.119. The number of rotatable bonds is 7. The van der Waals surface area contributed by atoms with E-state index in [0.29, 0.717) is 27.7 Å². The molecule has 0 saturated heterocycles. The van der Waals surface area contributed by atoms with Crippen LogP contribution in [0.5, 0.6) is 5.75 Å². The average Bonchev–Trinajstić information content (AvgIpc) is 3.24. The fraction of sp³-hybridized carbons (Fsp3) is 0.375. The minimum Gasteiger partial charge on any atom is -0.495 e. The second-order valence-corrected chi connectivity index (χ2v) is 9.40. The van der Waals surface area contributed by atoms with Gasteiger partial charge < -0.3 is 10.1 Å². The largest absolute Gasteiger partial charge is 0.495 e. The summed E-state index contributed by atoms with van der Waals surface area (Å²) in [5.41, 5.74) is 1.74. The molecular formula is C24H27ClN4O2S. The van der Waals surface area contributed by atoms with E-state index in [1.165, 1.54) is 31.0 Å². The van der Waals surface area contributed by atoms with E-state index in [4.69, 9.17) is 16.3 Å². The number of ether oxygens (including phenoxy) is 1. The van der Waals surface area contributed by atoms with Crippen LogP contribution in [-0.4, -0.2) is 39.6 Å². The van der Waals surface area contributed by atoms with E-state index in [9.17, 15) is 4.79 Å². The first kappa shape index (κ1) is 22.7. The molecule has 4 rings (SSSR count). The summed E-state index contributed by atoms with van der Waals surface area (Å²) in [4.78, 5) is 12.7. The van der Waals surface area contributed by atoms with E-state index in [1.54, 1.807) is 7.11 Å². The Labute approximate surface area is 197 Å². The van der Waals surface area contributed by atoms with Crippen molar-refractivity contribution in [2.75, 3.05) is 12.9 Å². The lowest BCUT2D eigenvalue weighted by Gasteiger charge is -2.29. The monoisotopic (exact) mass is 470 g/mol. The molecule has 2 unspecified atom stereocenters. The van der Waals surface area contributed by atoms with Crippen LogP contribution in [0, 0.1) is 5.92 Å². The van der Waals surface area contributed by atoms with Gasteiger partial charge in [0.05, 0.1) is 23.6 Å². The molecule has 0 bridgehead atoms. The molecule has 2 atom stereocenters. The Morgan fingerprint density at radius 3 is 2.69 bits per heavy atom. The Bertz CT molecular complexity index is 1070. The van der Waals surface area contributed by atoms with E-state index in [0.717, 1.165) is 17.7 Å². The van der Waals surface area contributed by atoms with Gasteiger partial charge in [-0.15, -0.1) is 10.2 Å². The van der Waals surface area contributed by atoms with Gasteiger partial charge in [0.1, 0.15) is 5.75 Å². The minimum absolute atomic E-state index is 0.0253. The third-order valence-electron chi connectivity index (χ3n) is 5.85. The van der Waals surface area contributed by atoms with E-state index in [-0.39, 0.29) is 17.7 Å². The number of thioether (sulfide) groups is 1. The lowest BCUT2D eigenvalue weighted by atomic mass is 9.86. The first-order valence-electron chi connectivity index (χ1n) is 10.8. The zero-order valence-electron chi connectivity index (χ0n) is 18.3. The van der Waals surface area contributed by atoms with Crippen molar-refractivity contribution < 1.29 is 9.53 Å². The van der Waals surface area contributed by atoms with Gasteiger partial charge >= 0.3 is 0 Å². The zero-order chi connectivity index (χ0) is 22.5. The molecule has 1 amide bonds. The summed E-state index contributed by atoms with van der Waals surface area (Å²) in [6.45, 7) is 2.22. The van der Waals surface area contributed by atoms with Gasteiger partial charge in [-0.3, -0.25) is 9.36 Å². The molecule has 0 radical (unpaired) electrons. The maximum atomic E-state index is 12.7. The van der Waals surface area contributed by atoms with Crippen LogP contribution in [0.3, 0.4) is 0 Å². The SMILES string of the molecule is COc1ccc(-n2c(SCC(=O)NC3CCCCC3C)nnc2-c2ccccc2)cc1Cl. The van der Waals surface area contributed by atoms with Crippen LogP contribution < -0.4 is 10.1 Å². The summed E-state index contributed by atoms with van der Waals surface area (Å²) in [6, 6.07) is 15.7. The highest BCUT2D eigenvalue weighted by atomic mass is 35.5. The molecule has 3 aromatic rings. The molecule has 1 aliphatic carbocycles. The molecule has 168 valence electrons. The van der Waals surface area contributed by atoms with E-state index < -0.39 is 0 Å². The fourth-order valence-electron chi connectivity index (χ4n) is 4.07. The highest BCUT2D eigenvalue weighted by molar-refractivity contribution is 7.99. The molecule has 1 saturated carbocycles. The molecule has 1 aromatic heterocycles. The highest BCUT2D eigenvalue weighted by Crippen LogP contribution is 2.32. The number of benzene rings is 2. The number of methoxy groups -OCH3 is 1. The van der Waals surface area contributed by atoms with Gasteiger partial charge in [0, 0.05) is 11.6 Å². The Balaban J connectivity index is 1.59. The molecule has 8 heteroatoms. The van der Waals surface area contributed by atoms with Crippen molar-refractivity contribution in [1.29, 1.82) is 0 Å². The number of hydrogen-bond acceptors (Lipinski definition) is 5.